The van der Waals surface area contributed by atoms with E-state index >= 15 is 0 Å². The van der Waals surface area contributed by atoms with Gasteiger partial charge in [0.1, 0.15) is 0 Å². The fraction of sp³-hybridized carbons (Fsp3) is 0.818. The second kappa shape index (κ2) is 6.44. The third-order valence-corrected chi connectivity index (χ3v) is 2.89. The van der Waals surface area contributed by atoms with E-state index in [9.17, 15) is 0 Å². The molecule has 1 fully saturated rings. The summed E-state index contributed by atoms with van der Waals surface area (Å²) in [6, 6.07) is 0.740. The Morgan fingerprint density at radius 2 is 2.23 bits per heavy atom. The first-order valence-electron chi connectivity index (χ1n) is 5.27. The van der Waals surface area contributed by atoms with Crippen LogP contribution >= 0.6 is 11.6 Å². The molecule has 76 valence electrons. The number of halogens is 1. The highest BCUT2D eigenvalue weighted by molar-refractivity contribution is 6.18. The summed E-state index contributed by atoms with van der Waals surface area (Å²) in [5.74, 6) is 1.53. The van der Waals surface area contributed by atoms with Crippen LogP contribution in [0, 0.1) is 5.92 Å². The van der Waals surface area contributed by atoms with Gasteiger partial charge in [-0.25, -0.2) is 0 Å². The number of hydrogen-bond donors (Lipinski definition) is 1. The lowest BCUT2D eigenvalue weighted by Gasteiger charge is -2.27. The molecule has 2 atom stereocenters. The first kappa shape index (κ1) is 11.1. The van der Waals surface area contributed by atoms with Crippen molar-refractivity contribution in [3.63, 3.8) is 0 Å². The summed E-state index contributed by atoms with van der Waals surface area (Å²) >= 11 is 5.53. The van der Waals surface area contributed by atoms with Crippen molar-refractivity contribution in [2.45, 2.75) is 38.6 Å². The Bertz CT molecular complexity index is 156. The quantitative estimate of drug-likeness (QED) is 0.545. The summed E-state index contributed by atoms with van der Waals surface area (Å²) in [4.78, 5) is 0. The average molecular weight is 202 g/mol. The second-order valence-corrected chi connectivity index (χ2v) is 4.31. The van der Waals surface area contributed by atoms with Crippen molar-refractivity contribution in [2.24, 2.45) is 5.92 Å². The molecule has 0 heterocycles. The third-order valence-electron chi connectivity index (χ3n) is 2.72. The number of nitrogens with one attached hydrogen (secondary N) is 1. The predicted octanol–water partition coefficient (Wildman–Crippen LogP) is 2.95. The summed E-state index contributed by atoms with van der Waals surface area (Å²) < 4.78 is 0. The van der Waals surface area contributed by atoms with Crippen LogP contribution in [0.3, 0.4) is 0 Å². The molecule has 2 heteroatoms. The molecular formula is C11H20ClN. The number of alkyl halides is 1. The first-order chi connectivity index (χ1) is 6.33. The lowest BCUT2D eigenvalue weighted by Crippen LogP contribution is -2.33. The van der Waals surface area contributed by atoms with E-state index < -0.39 is 0 Å². The largest absolute Gasteiger partial charge is 0.311 e. The summed E-state index contributed by atoms with van der Waals surface area (Å²) in [6.45, 7) is 3.33. The SMILES string of the molecule is CC1CCCC(NC/C=C/CCl)C1. The Morgan fingerprint density at radius 1 is 1.38 bits per heavy atom. The Morgan fingerprint density at radius 3 is 2.92 bits per heavy atom. The highest BCUT2D eigenvalue weighted by Crippen LogP contribution is 2.23. The molecule has 0 aromatic carbocycles. The first-order valence-corrected chi connectivity index (χ1v) is 5.80. The Kier molecular flexibility index (Phi) is 5.49. The molecule has 0 saturated heterocycles. The third kappa shape index (κ3) is 4.68. The fourth-order valence-corrected chi connectivity index (χ4v) is 2.13. The van der Waals surface area contributed by atoms with Crippen LogP contribution in [0.15, 0.2) is 12.2 Å². The highest BCUT2D eigenvalue weighted by Gasteiger charge is 2.17. The van der Waals surface area contributed by atoms with Gasteiger partial charge in [-0.15, -0.1) is 11.6 Å². The van der Waals surface area contributed by atoms with Gasteiger partial charge in [0.15, 0.2) is 0 Å². The minimum atomic E-state index is 0.628. The zero-order valence-corrected chi connectivity index (χ0v) is 9.19. The molecule has 1 saturated carbocycles. The van der Waals surface area contributed by atoms with Gasteiger partial charge in [-0.1, -0.05) is 31.9 Å². The van der Waals surface area contributed by atoms with Gasteiger partial charge in [-0.2, -0.15) is 0 Å². The lowest BCUT2D eigenvalue weighted by molar-refractivity contribution is 0.308. The van der Waals surface area contributed by atoms with E-state index in [2.05, 4.69) is 18.3 Å². The van der Waals surface area contributed by atoms with Crippen molar-refractivity contribution in [3.8, 4) is 0 Å². The van der Waals surface area contributed by atoms with E-state index in [1.807, 2.05) is 6.08 Å². The maximum absolute atomic E-state index is 5.53. The molecule has 0 spiro atoms. The van der Waals surface area contributed by atoms with Crippen LogP contribution in [-0.2, 0) is 0 Å². The number of allylic oxidation sites excluding steroid dienone is 1. The van der Waals surface area contributed by atoms with Crippen LogP contribution in [0.5, 0.6) is 0 Å². The molecule has 1 aliphatic carbocycles. The molecule has 1 aliphatic rings. The molecular weight excluding hydrogens is 182 g/mol. The summed E-state index contributed by atoms with van der Waals surface area (Å²) in [5, 5.41) is 3.54. The van der Waals surface area contributed by atoms with E-state index in [1.54, 1.807) is 0 Å². The second-order valence-electron chi connectivity index (χ2n) is 4.00. The van der Waals surface area contributed by atoms with Gasteiger partial charge in [0.25, 0.3) is 0 Å². The van der Waals surface area contributed by atoms with Crippen LogP contribution in [0.1, 0.15) is 32.6 Å². The summed E-state index contributed by atoms with van der Waals surface area (Å²) in [5.41, 5.74) is 0. The monoisotopic (exact) mass is 201 g/mol. The van der Waals surface area contributed by atoms with E-state index in [0.29, 0.717) is 5.88 Å². The van der Waals surface area contributed by atoms with Gasteiger partial charge in [0, 0.05) is 18.5 Å². The van der Waals surface area contributed by atoms with Crippen molar-refractivity contribution in [1.29, 1.82) is 0 Å². The Hall–Kier alpha value is -0.0100. The number of hydrogen-bond acceptors (Lipinski definition) is 1. The van der Waals surface area contributed by atoms with E-state index in [4.69, 9.17) is 11.6 Å². The minimum Gasteiger partial charge on any atom is -0.311 e. The molecule has 0 aliphatic heterocycles. The maximum Gasteiger partial charge on any atom is 0.0404 e. The zero-order valence-electron chi connectivity index (χ0n) is 8.43. The molecule has 0 bridgehead atoms. The minimum absolute atomic E-state index is 0.628. The van der Waals surface area contributed by atoms with Gasteiger partial charge in [0.05, 0.1) is 0 Å². The van der Waals surface area contributed by atoms with E-state index in [1.165, 1.54) is 25.7 Å². The highest BCUT2D eigenvalue weighted by atomic mass is 35.5. The smallest absolute Gasteiger partial charge is 0.0404 e. The van der Waals surface area contributed by atoms with Crippen molar-refractivity contribution in [1.82, 2.24) is 5.32 Å². The molecule has 1 nitrogen and oxygen atoms in total. The molecule has 0 aromatic rings. The summed E-state index contributed by atoms with van der Waals surface area (Å²) in [7, 11) is 0. The van der Waals surface area contributed by atoms with Crippen molar-refractivity contribution >= 4 is 11.6 Å². The average Bonchev–Trinajstić information content (AvgIpc) is 2.13. The molecule has 13 heavy (non-hydrogen) atoms. The number of rotatable bonds is 4. The molecule has 0 aromatic heterocycles. The normalized spacial score (nSPS) is 29.7. The molecule has 1 N–H and O–H groups in total. The standard InChI is InChI=1S/C11H20ClN/c1-10-5-4-6-11(9-10)13-8-3-2-7-12/h2-3,10-11,13H,4-9H2,1H3/b3-2+. The van der Waals surface area contributed by atoms with Crippen LogP contribution in [-0.4, -0.2) is 18.5 Å². The topological polar surface area (TPSA) is 12.0 Å². The van der Waals surface area contributed by atoms with Gasteiger partial charge in [-0.05, 0) is 18.8 Å². The van der Waals surface area contributed by atoms with E-state index in [0.717, 1.165) is 18.5 Å². The molecule has 0 radical (unpaired) electrons. The van der Waals surface area contributed by atoms with Gasteiger partial charge in [-0.3, -0.25) is 0 Å². The zero-order chi connectivity index (χ0) is 9.52. The van der Waals surface area contributed by atoms with Gasteiger partial charge < -0.3 is 5.32 Å². The summed E-state index contributed by atoms with van der Waals surface area (Å²) in [6.07, 6.45) is 9.61. The fourth-order valence-electron chi connectivity index (χ4n) is 2.00. The van der Waals surface area contributed by atoms with Crippen LogP contribution < -0.4 is 5.32 Å². The van der Waals surface area contributed by atoms with Crippen LogP contribution in [0.25, 0.3) is 0 Å². The van der Waals surface area contributed by atoms with Crippen molar-refractivity contribution in [3.05, 3.63) is 12.2 Å². The van der Waals surface area contributed by atoms with Crippen LogP contribution in [0.4, 0.5) is 0 Å². The molecule has 2 unspecified atom stereocenters. The molecule has 1 rings (SSSR count). The van der Waals surface area contributed by atoms with Crippen molar-refractivity contribution < 1.29 is 0 Å². The van der Waals surface area contributed by atoms with Gasteiger partial charge in [0.2, 0.25) is 0 Å². The van der Waals surface area contributed by atoms with Crippen molar-refractivity contribution in [2.75, 3.05) is 12.4 Å². The van der Waals surface area contributed by atoms with Crippen LogP contribution in [0.2, 0.25) is 0 Å². The Balaban J connectivity index is 2.10. The lowest BCUT2D eigenvalue weighted by atomic mass is 9.87. The van der Waals surface area contributed by atoms with Gasteiger partial charge >= 0.3 is 0 Å². The Labute approximate surface area is 86.5 Å². The predicted molar refractivity (Wildman–Crippen MR) is 59.3 cm³/mol. The maximum atomic E-state index is 5.53. The van der Waals surface area contributed by atoms with E-state index in [-0.39, 0.29) is 0 Å². The molecule has 0 amide bonds.